The van der Waals surface area contributed by atoms with E-state index in [2.05, 4.69) is 15.9 Å². The van der Waals surface area contributed by atoms with Gasteiger partial charge in [-0.3, -0.25) is 9.59 Å². The number of carbonyl (C=O) groups excluding carboxylic acids is 2. The average molecular weight is 386 g/mol. The largest absolute Gasteiger partial charge is 0.300 e. The van der Waals surface area contributed by atoms with Crippen LogP contribution in [0.25, 0.3) is 0 Å². The molecule has 0 spiro atoms. The second-order valence-electron chi connectivity index (χ2n) is 4.63. The zero-order chi connectivity index (χ0) is 15.6. The first kappa shape index (κ1) is 16.2. The smallest absolute Gasteiger partial charge is 0.193 e. The van der Waals surface area contributed by atoms with E-state index in [1.807, 2.05) is 0 Å². The minimum atomic E-state index is -0.189. The number of carbonyl (C=O) groups is 2. The van der Waals surface area contributed by atoms with Crippen molar-refractivity contribution >= 4 is 50.7 Å². The van der Waals surface area contributed by atoms with Gasteiger partial charge < -0.3 is 0 Å². The summed E-state index contributed by atoms with van der Waals surface area (Å²) in [6.45, 7) is 1.48. The van der Waals surface area contributed by atoms with Crippen LogP contribution in [0, 0.1) is 0 Å². The van der Waals surface area contributed by atoms with Crippen LogP contribution >= 0.6 is 39.1 Å². The minimum absolute atomic E-state index is 0.0248. The summed E-state index contributed by atoms with van der Waals surface area (Å²) in [6.07, 6.45) is 0.173. The van der Waals surface area contributed by atoms with Crippen LogP contribution in [0.1, 0.15) is 28.4 Å². The van der Waals surface area contributed by atoms with Gasteiger partial charge in [-0.15, -0.1) is 0 Å². The lowest BCUT2D eigenvalue weighted by Crippen LogP contribution is -2.09. The fraction of sp³-hybridized carbons (Fsp3) is 0.125. The molecule has 0 aromatic heterocycles. The summed E-state index contributed by atoms with van der Waals surface area (Å²) in [7, 11) is 0. The summed E-state index contributed by atoms with van der Waals surface area (Å²) in [4.78, 5) is 24.1. The Labute approximate surface area is 141 Å². The first-order chi connectivity index (χ1) is 9.88. The van der Waals surface area contributed by atoms with Gasteiger partial charge in [0.2, 0.25) is 0 Å². The Morgan fingerprint density at radius 3 is 2.24 bits per heavy atom. The third-order valence-corrected chi connectivity index (χ3v) is 4.11. The molecule has 0 unspecified atom stereocenters. The Balaban J connectivity index is 2.53. The summed E-state index contributed by atoms with van der Waals surface area (Å²) in [5.41, 5.74) is 1.57. The van der Waals surface area contributed by atoms with Crippen LogP contribution in [0.15, 0.2) is 40.9 Å². The molecule has 2 rings (SSSR count). The monoisotopic (exact) mass is 384 g/mol. The highest BCUT2D eigenvalue weighted by Crippen LogP contribution is 2.28. The van der Waals surface area contributed by atoms with Crippen LogP contribution in [0.3, 0.4) is 0 Å². The molecule has 0 heterocycles. The summed E-state index contributed by atoms with van der Waals surface area (Å²) >= 11 is 15.2. The molecule has 2 aromatic carbocycles. The van der Waals surface area contributed by atoms with Gasteiger partial charge in [0.15, 0.2) is 5.78 Å². The minimum Gasteiger partial charge on any atom is -0.300 e. The van der Waals surface area contributed by atoms with E-state index >= 15 is 0 Å². The topological polar surface area (TPSA) is 34.1 Å². The maximum absolute atomic E-state index is 12.6. The van der Waals surface area contributed by atoms with Gasteiger partial charge in [-0.1, -0.05) is 39.1 Å². The van der Waals surface area contributed by atoms with Crippen molar-refractivity contribution in [2.75, 3.05) is 0 Å². The highest BCUT2D eigenvalue weighted by Gasteiger charge is 2.18. The lowest BCUT2D eigenvalue weighted by Gasteiger charge is -2.11. The van der Waals surface area contributed by atoms with Crippen LogP contribution in [0.4, 0.5) is 0 Å². The van der Waals surface area contributed by atoms with Gasteiger partial charge in [0.1, 0.15) is 5.78 Å². The summed E-state index contributed by atoms with van der Waals surface area (Å²) in [5.74, 6) is -0.214. The zero-order valence-electron chi connectivity index (χ0n) is 11.1. The van der Waals surface area contributed by atoms with E-state index in [1.165, 1.54) is 6.92 Å². The number of hydrogen-bond donors (Lipinski definition) is 0. The van der Waals surface area contributed by atoms with Gasteiger partial charge in [0.25, 0.3) is 0 Å². The van der Waals surface area contributed by atoms with Crippen molar-refractivity contribution in [3.63, 3.8) is 0 Å². The van der Waals surface area contributed by atoms with E-state index in [4.69, 9.17) is 23.2 Å². The van der Waals surface area contributed by atoms with Crippen molar-refractivity contribution in [3.8, 4) is 0 Å². The molecule has 0 N–H and O–H groups in total. The van der Waals surface area contributed by atoms with E-state index in [-0.39, 0.29) is 18.0 Å². The van der Waals surface area contributed by atoms with Gasteiger partial charge >= 0.3 is 0 Å². The van der Waals surface area contributed by atoms with E-state index in [0.29, 0.717) is 31.2 Å². The van der Waals surface area contributed by atoms with Crippen molar-refractivity contribution in [2.24, 2.45) is 0 Å². The number of rotatable bonds is 4. The maximum atomic E-state index is 12.6. The van der Waals surface area contributed by atoms with Gasteiger partial charge in [-0.2, -0.15) is 0 Å². The first-order valence-electron chi connectivity index (χ1n) is 6.16. The molecule has 0 saturated carbocycles. The highest BCUT2D eigenvalue weighted by molar-refractivity contribution is 9.10. The normalized spacial score (nSPS) is 10.5. The van der Waals surface area contributed by atoms with Crippen molar-refractivity contribution in [1.29, 1.82) is 0 Å². The molecule has 0 amide bonds. The van der Waals surface area contributed by atoms with Crippen LogP contribution in [0.5, 0.6) is 0 Å². The molecule has 0 atom stereocenters. The summed E-state index contributed by atoms with van der Waals surface area (Å²) in [6, 6.07) is 9.87. The Kier molecular flexibility index (Phi) is 5.20. The van der Waals surface area contributed by atoms with Crippen LogP contribution < -0.4 is 0 Å². The van der Waals surface area contributed by atoms with E-state index in [1.54, 1.807) is 36.4 Å². The molecule has 2 aromatic rings. The fourth-order valence-corrected chi connectivity index (χ4v) is 3.07. The molecule has 0 radical (unpaired) electrons. The van der Waals surface area contributed by atoms with Crippen molar-refractivity contribution in [2.45, 2.75) is 13.3 Å². The van der Waals surface area contributed by atoms with Crippen LogP contribution in [-0.2, 0) is 11.2 Å². The van der Waals surface area contributed by atoms with E-state index < -0.39 is 0 Å². The van der Waals surface area contributed by atoms with E-state index in [9.17, 15) is 9.59 Å². The molecular weight excluding hydrogens is 375 g/mol. The SMILES string of the molecule is CC(=O)Cc1c(Br)cc(Cl)cc1C(=O)c1ccc(Cl)cc1. The Morgan fingerprint density at radius 2 is 1.67 bits per heavy atom. The van der Waals surface area contributed by atoms with Crippen molar-refractivity contribution in [1.82, 2.24) is 0 Å². The molecular formula is C16H11BrCl2O2. The highest BCUT2D eigenvalue weighted by atomic mass is 79.9. The molecule has 0 aliphatic rings. The Bertz CT molecular complexity index is 709. The van der Waals surface area contributed by atoms with Crippen molar-refractivity contribution in [3.05, 3.63) is 67.6 Å². The number of benzene rings is 2. The molecule has 108 valence electrons. The number of Topliss-reactive ketones (excluding diaryl/α,β-unsaturated/α-hetero) is 1. The molecule has 5 heteroatoms. The fourth-order valence-electron chi connectivity index (χ4n) is 1.99. The molecule has 0 saturated heterocycles. The van der Waals surface area contributed by atoms with Gasteiger partial charge in [-0.25, -0.2) is 0 Å². The average Bonchev–Trinajstić information content (AvgIpc) is 2.41. The molecule has 0 fully saturated rings. The lowest BCUT2D eigenvalue weighted by molar-refractivity contribution is -0.116. The van der Waals surface area contributed by atoms with Crippen LogP contribution in [0.2, 0.25) is 10.0 Å². The third kappa shape index (κ3) is 3.94. The third-order valence-electron chi connectivity index (χ3n) is 2.94. The van der Waals surface area contributed by atoms with Crippen molar-refractivity contribution < 1.29 is 9.59 Å². The van der Waals surface area contributed by atoms with Gasteiger partial charge in [0, 0.05) is 32.1 Å². The first-order valence-corrected chi connectivity index (χ1v) is 7.71. The second kappa shape index (κ2) is 6.73. The summed E-state index contributed by atoms with van der Waals surface area (Å²) in [5, 5.41) is 0.995. The summed E-state index contributed by atoms with van der Waals surface area (Å²) < 4.78 is 0.655. The predicted molar refractivity (Wildman–Crippen MR) is 88.4 cm³/mol. The number of hydrogen-bond acceptors (Lipinski definition) is 2. The molecule has 0 bridgehead atoms. The molecule has 21 heavy (non-hydrogen) atoms. The molecule has 0 aliphatic heterocycles. The van der Waals surface area contributed by atoms with E-state index in [0.717, 1.165) is 0 Å². The van der Waals surface area contributed by atoms with Gasteiger partial charge in [0.05, 0.1) is 0 Å². The maximum Gasteiger partial charge on any atom is 0.193 e. The standard InChI is InChI=1S/C16H11BrCl2O2/c1-9(20)6-13-14(7-12(19)8-15(13)17)16(21)10-2-4-11(18)5-3-10/h2-5,7-8H,6H2,1H3. The predicted octanol–water partition coefficient (Wildman–Crippen LogP) is 5.12. The Hall–Kier alpha value is -1.16. The van der Waals surface area contributed by atoms with Gasteiger partial charge in [-0.05, 0) is 48.9 Å². The lowest BCUT2D eigenvalue weighted by atomic mass is 9.95. The number of ketones is 2. The zero-order valence-corrected chi connectivity index (χ0v) is 14.2. The van der Waals surface area contributed by atoms with Crippen LogP contribution in [-0.4, -0.2) is 11.6 Å². The second-order valence-corrected chi connectivity index (χ2v) is 6.36. The molecule has 0 aliphatic carbocycles. The number of halogens is 3. The molecule has 2 nitrogen and oxygen atoms in total. The Morgan fingerprint density at radius 1 is 1.05 bits per heavy atom. The quantitative estimate of drug-likeness (QED) is 0.684.